The molecule has 0 fully saturated rings. The van der Waals surface area contributed by atoms with Crippen LogP contribution in [0.2, 0.25) is 0 Å². The van der Waals surface area contributed by atoms with E-state index in [2.05, 4.69) is 179 Å². The molecule has 9 aromatic rings. The number of rotatable bonds is 4. The molecule has 0 spiro atoms. The molecular formula is C46H32N2. The van der Waals surface area contributed by atoms with Gasteiger partial charge in [-0.05, 0) is 88.3 Å². The lowest BCUT2D eigenvalue weighted by Gasteiger charge is -2.15. The predicted octanol–water partition coefficient (Wildman–Crippen LogP) is 12.6. The Balaban J connectivity index is 1.22. The number of allylic oxidation sites excluding steroid dienone is 4. The summed E-state index contributed by atoms with van der Waals surface area (Å²) < 4.78 is 4.85. The van der Waals surface area contributed by atoms with Gasteiger partial charge in [0.05, 0.1) is 22.1 Å². The first-order chi connectivity index (χ1) is 23.8. The third-order valence-electron chi connectivity index (χ3n) is 10.1. The number of para-hydroxylation sites is 3. The molecule has 2 heteroatoms. The zero-order chi connectivity index (χ0) is 31.6. The van der Waals surface area contributed by atoms with Crippen molar-refractivity contribution in [3.8, 4) is 27.9 Å². The number of hydrogen-bond donors (Lipinski definition) is 0. The maximum absolute atomic E-state index is 2.45. The number of nitrogens with zero attached hydrogens (tertiary/aromatic N) is 2. The molecule has 2 heterocycles. The van der Waals surface area contributed by atoms with Crippen molar-refractivity contribution in [2.24, 2.45) is 0 Å². The Hall–Kier alpha value is -6.12. The van der Waals surface area contributed by atoms with Crippen LogP contribution in [0.3, 0.4) is 0 Å². The highest BCUT2D eigenvalue weighted by Crippen LogP contribution is 2.42. The van der Waals surface area contributed by atoms with Gasteiger partial charge in [0, 0.05) is 32.9 Å². The van der Waals surface area contributed by atoms with Gasteiger partial charge in [0.1, 0.15) is 0 Å². The van der Waals surface area contributed by atoms with Crippen LogP contribution in [0.15, 0.2) is 170 Å². The maximum Gasteiger partial charge on any atom is 0.0547 e. The molecule has 0 N–H and O–H groups in total. The molecule has 0 saturated carbocycles. The lowest BCUT2D eigenvalue weighted by molar-refractivity contribution is 1.02. The first kappa shape index (κ1) is 27.0. The van der Waals surface area contributed by atoms with E-state index in [-0.39, 0.29) is 0 Å². The lowest BCUT2D eigenvalue weighted by Crippen LogP contribution is -1.97. The van der Waals surface area contributed by atoms with Crippen molar-refractivity contribution in [2.75, 3.05) is 0 Å². The van der Waals surface area contributed by atoms with E-state index < -0.39 is 0 Å². The Morgan fingerprint density at radius 2 is 0.979 bits per heavy atom. The van der Waals surface area contributed by atoms with E-state index in [0.29, 0.717) is 0 Å². The largest absolute Gasteiger partial charge is 0.310 e. The summed E-state index contributed by atoms with van der Waals surface area (Å²) in [6.45, 7) is 0. The fourth-order valence-corrected chi connectivity index (χ4v) is 8.00. The molecule has 10 rings (SSSR count). The van der Waals surface area contributed by atoms with Gasteiger partial charge in [-0.2, -0.15) is 0 Å². The molecule has 0 amide bonds. The smallest absolute Gasteiger partial charge is 0.0547 e. The Morgan fingerprint density at radius 1 is 0.417 bits per heavy atom. The summed E-state index contributed by atoms with van der Waals surface area (Å²) >= 11 is 0. The number of hydrogen-bond acceptors (Lipinski definition) is 0. The molecule has 0 bridgehead atoms. The van der Waals surface area contributed by atoms with Gasteiger partial charge in [-0.15, -0.1) is 0 Å². The van der Waals surface area contributed by atoms with Crippen LogP contribution in [0.5, 0.6) is 0 Å². The third-order valence-corrected chi connectivity index (χ3v) is 10.1. The van der Waals surface area contributed by atoms with E-state index in [4.69, 9.17) is 0 Å². The van der Waals surface area contributed by atoms with Gasteiger partial charge in [0.2, 0.25) is 0 Å². The molecular weight excluding hydrogens is 581 g/mol. The first-order valence-electron chi connectivity index (χ1n) is 16.8. The van der Waals surface area contributed by atoms with Crippen molar-refractivity contribution in [3.05, 3.63) is 170 Å². The highest BCUT2D eigenvalue weighted by Gasteiger charge is 2.18. The van der Waals surface area contributed by atoms with Gasteiger partial charge in [-0.3, -0.25) is 0 Å². The maximum atomic E-state index is 2.45. The monoisotopic (exact) mass is 612 g/mol. The molecule has 0 atom stereocenters. The minimum atomic E-state index is 1.07. The Kier molecular flexibility index (Phi) is 6.04. The van der Waals surface area contributed by atoms with Gasteiger partial charge in [0.15, 0.2) is 0 Å². The molecule has 2 aromatic heterocycles. The lowest BCUT2D eigenvalue weighted by atomic mass is 9.91. The summed E-state index contributed by atoms with van der Waals surface area (Å²) in [6, 6.07) is 55.8. The van der Waals surface area contributed by atoms with Crippen LogP contribution < -0.4 is 0 Å². The van der Waals surface area contributed by atoms with Gasteiger partial charge >= 0.3 is 0 Å². The normalized spacial score (nSPS) is 13.3. The zero-order valence-electron chi connectivity index (χ0n) is 26.5. The van der Waals surface area contributed by atoms with Crippen molar-refractivity contribution in [1.82, 2.24) is 9.13 Å². The average molecular weight is 613 g/mol. The van der Waals surface area contributed by atoms with E-state index in [1.165, 1.54) is 88.0 Å². The number of aromatic nitrogens is 2. The number of benzene rings is 7. The Labute approximate surface area is 279 Å². The highest BCUT2D eigenvalue weighted by molar-refractivity contribution is 6.14. The van der Waals surface area contributed by atoms with Crippen molar-refractivity contribution in [2.45, 2.75) is 12.8 Å². The summed E-state index contributed by atoms with van der Waals surface area (Å²) in [7, 11) is 0. The Bertz CT molecular complexity index is 2760. The zero-order valence-corrected chi connectivity index (χ0v) is 26.5. The fraction of sp³-hybridized carbons (Fsp3) is 0.0435. The van der Waals surface area contributed by atoms with Crippen LogP contribution >= 0.6 is 0 Å². The molecule has 1 aliphatic rings. The van der Waals surface area contributed by atoms with Gasteiger partial charge in [-0.1, -0.05) is 127 Å². The Morgan fingerprint density at radius 3 is 1.60 bits per heavy atom. The van der Waals surface area contributed by atoms with Crippen LogP contribution in [0.4, 0.5) is 0 Å². The van der Waals surface area contributed by atoms with Crippen LogP contribution in [-0.4, -0.2) is 9.13 Å². The SMILES string of the molecule is C1=CC(n2c3ccccc3c3ccc(-c4cccc5cccc(-c6ccc7c8ccccc8n(-c8ccccc8)c7c6)c45)cc32)=CCC1. The minimum absolute atomic E-state index is 1.07. The van der Waals surface area contributed by atoms with Gasteiger partial charge in [-0.25, -0.2) is 0 Å². The van der Waals surface area contributed by atoms with E-state index in [1.807, 2.05) is 0 Å². The summed E-state index contributed by atoms with van der Waals surface area (Å²) in [5, 5.41) is 7.64. The second-order valence-corrected chi connectivity index (χ2v) is 12.8. The molecule has 7 aromatic carbocycles. The van der Waals surface area contributed by atoms with Crippen molar-refractivity contribution < 1.29 is 0 Å². The molecule has 0 radical (unpaired) electrons. The van der Waals surface area contributed by atoms with E-state index in [1.54, 1.807) is 0 Å². The van der Waals surface area contributed by atoms with E-state index >= 15 is 0 Å². The van der Waals surface area contributed by atoms with E-state index in [0.717, 1.165) is 12.8 Å². The molecule has 1 aliphatic carbocycles. The second kappa shape index (κ2) is 10.7. The topological polar surface area (TPSA) is 9.86 Å². The first-order valence-corrected chi connectivity index (χ1v) is 16.8. The molecule has 0 aliphatic heterocycles. The molecule has 48 heavy (non-hydrogen) atoms. The minimum Gasteiger partial charge on any atom is -0.310 e. The van der Waals surface area contributed by atoms with Crippen molar-refractivity contribution in [3.63, 3.8) is 0 Å². The standard InChI is InChI=1S/C46H32N2/c1-3-15-34(16-4-1)47-42-23-9-7-19-38(42)40-27-25-32(29-44(40)47)36-21-11-13-31-14-12-22-37(46(31)36)33-26-28-41-39-20-8-10-24-43(39)48(45(41)30-33)35-17-5-2-6-18-35/h1,3-5,7-30H,2,6H2. The van der Waals surface area contributed by atoms with Crippen LogP contribution in [0, 0.1) is 0 Å². The van der Waals surface area contributed by atoms with Crippen LogP contribution in [-0.2, 0) is 0 Å². The summed E-state index contributed by atoms with van der Waals surface area (Å²) in [6.07, 6.45) is 9.12. The van der Waals surface area contributed by atoms with E-state index in [9.17, 15) is 0 Å². The van der Waals surface area contributed by atoms with Gasteiger partial charge in [0.25, 0.3) is 0 Å². The van der Waals surface area contributed by atoms with Crippen LogP contribution in [0.25, 0.3) is 88.0 Å². The van der Waals surface area contributed by atoms with Crippen molar-refractivity contribution >= 4 is 60.1 Å². The highest BCUT2D eigenvalue weighted by atomic mass is 15.0. The quantitative estimate of drug-likeness (QED) is 0.187. The van der Waals surface area contributed by atoms with Crippen LogP contribution in [0.1, 0.15) is 12.8 Å². The average Bonchev–Trinajstić information content (AvgIpc) is 3.67. The fourth-order valence-electron chi connectivity index (χ4n) is 8.00. The molecule has 226 valence electrons. The summed E-state index contributed by atoms with van der Waals surface area (Å²) in [5.74, 6) is 0. The molecule has 0 unspecified atom stereocenters. The molecule has 2 nitrogen and oxygen atoms in total. The summed E-state index contributed by atoms with van der Waals surface area (Å²) in [5.41, 5.74) is 12.3. The third kappa shape index (κ3) is 4.06. The molecule has 0 saturated heterocycles. The second-order valence-electron chi connectivity index (χ2n) is 12.8. The van der Waals surface area contributed by atoms with Gasteiger partial charge < -0.3 is 9.13 Å². The predicted molar refractivity (Wildman–Crippen MR) is 205 cm³/mol. The number of fused-ring (bicyclic) bond motifs is 7. The van der Waals surface area contributed by atoms with Crippen molar-refractivity contribution in [1.29, 1.82) is 0 Å². The summed E-state index contributed by atoms with van der Waals surface area (Å²) in [4.78, 5) is 0.